The van der Waals surface area contributed by atoms with Gasteiger partial charge in [0.15, 0.2) is 5.78 Å². The van der Waals surface area contributed by atoms with E-state index in [0.29, 0.717) is 0 Å². The zero-order valence-corrected chi connectivity index (χ0v) is 14.1. The van der Waals surface area contributed by atoms with E-state index in [4.69, 9.17) is 10.5 Å². The first-order valence-electron chi connectivity index (χ1n) is 8.23. The number of hydrogen-bond acceptors (Lipinski definition) is 3. The quantitative estimate of drug-likeness (QED) is 0.937. The van der Waals surface area contributed by atoms with Gasteiger partial charge in [-0.15, -0.1) is 0 Å². The zero-order chi connectivity index (χ0) is 16.8. The van der Waals surface area contributed by atoms with Gasteiger partial charge in [-0.25, -0.2) is 0 Å². The van der Waals surface area contributed by atoms with Gasteiger partial charge < -0.3 is 10.5 Å². The molecule has 2 aromatic rings. The fraction of sp³-hybridized carbons (Fsp3) is 0.350. The maximum Gasteiger partial charge on any atom is 0.167 e. The summed E-state index contributed by atoms with van der Waals surface area (Å²) in [5.74, 6) is 0.760. The minimum Gasteiger partial charge on any atom is -0.486 e. The predicted molar refractivity (Wildman–Crippen MR) is 93.8 cm³/mol. The van der Waals surface area contributed by atoms with Crippen LogP contribution in [0.1, 0.15) is 49.1 Å². The number of carbonyl (C=O) groups is 1. The van der Waals surface area contributed by atoms with Crippen LogP contribution in [-0.4, -0.2) is 12.4 Å². The van der Waals surface area contributed by atoms with E-state index in [0.717, 1.165) is 24.2 Å². The number of hydrogen-bond donors (Lipinski definition) is 1. The van der Waals surface area contributed by atoms with E-state index in [1.54, 1.807) is 0 Å². The van der Waals surface area contributed by atoms with Crippen LogP contribution < -0.4 is 10.5 Å². The Labute approximate surface area is 138 Å². The van der Waals surface area contributed by atoms with Gasteiger partial charge in [0.2, 0.25) is 0 Å². The van der Waals surface area contributed by atoms with Gasteiger partial charge in [0.05, 0.1) is 6.04 Å². The first-order chi connectivity index (χ1) is 11.1. The van der Waals surface area contributed by atoms with Crippen LogP contribution in [0.3, 0.4) is 0 Å². The molecule has 0 radical (unpaired) electrons. The summed E-state index contributed by atoms with van der Waals surface area (Å²) in [6.07, 6.45) is 1.92. The lowest BCUT2D eigenvalue weighted by Gasteiger charge is -2.16. The maximum absolute atomic E-state index is 11.0. The van der Waals surface area contributed by atoms with Crippen molar-refractivity contribution in [1.29, 1.82) is 0 Å². The normalized spacial score (nSPS) is 15.4. The third kappa shape index (κ3) is 3.99. The van der Waals surface area contributed by atoms with Crippen LogP contribution in [-0.2, 0) is 17.6 Å². The Morgan fingerprint density at radius 3 is 2.48 bits per heavy atom. The summed E-state index contributed by atoms with van der Waals surface area (Å²) in [6.45, 7) is 5.64. The van der Waals surface area contributed by atoms with Crippen molar-refractivity contribution in [2.75, 3.05) is 6.61 Å². The van der Waals surface area contributed by atoms with Gasteiger partial charge >= 0.3 is 0 Å². The van der Waals surface area contributed by atoms with E-state index >= 15 is 0 Å². The highest BCUT2D eigenvalue weighted by Gasteiger charge is 2.20. The molecule has 0 heterocycles. The van der Waals surface area contributed by atoms with E-state index in [-0.39, 0.29) is 18.4 Å². The second-order valence-electron chi connectivity index (χ2n) is 5.53. The van der Waals surface area contributed by atoms with E-state index in [1.807, 2.05) is 38.1 Å². The molecule has 0 aromatic heterocycles. The number of carbonyl (C=O) groups excluding carboxylic acids is 1. The lowest BCUT2D eigenvalue weighted by molar-refractivity contribution is -0.118. The Balaban J connectivity index is 0.000000924. The summed E-state index contributed by atoms with van der Waals surface area (Å²) in [7, 11) is 0. The third-order valence-corrected chi connectivity index (χ3v) is 3.95. The van der Waals surface area contributed by atoms with Gasteiger partial charge in [0.25, 0.3) is 0 Å². The molecule has 0 saturated heterocycles. The first-order valence-corrected chi connectivity index (χ1v) is 8.23. The average molecular weight is 311 g/mol. The lowest BCUT2D eigenvalue weighted by Crippen LogP contribution is -2.14. The summed E-state index contributed by atoms with van der Waals surface area (Å²) in [4.78, 5) is 11.0. The van der Waals surface area contributed by atoms with E-state index in [9.17, 15) is 4.79 Å². The maximum atomic E-state index is 11.0. The molecule has 122 valence electrons. The molecule has 0 spiro atoms. The Hall–Kier alpha value is -2.13. The standard InChI is InChI=1S/C18H19NO2.C2H6/c1-12(20)11-21-15-8-9-17-14(10-15)7-6-13-4-2-3-5-16(13)18(17)19;1-2/h2-5,8-10,18H,6-7,11,19H2,1H3;1-2H3. The van der Waals surface area contributed by atoms with Crippen molar-refractivity contribution in [2.45, 2.75) is 39.7 Å². The van der Waals surface area contributed by atoms with Crippen LogP contribution in [0.25, 0.3) is 0 Å². The van der Waals surface area contributed by atoms with Crippen molar-refractivity contribution in [3.8, 4) is 5.75 Å². The van der Waals surface area contributed by atoms with Crippen molar-refractivity contribution in [1.82, 2.24) is 0 Å². The molecular formula is C20H25NO2. The number of aryl methyl sites for hydroxylation is 2. The highest BCUT2D eigenvalue weighted by molar-refractivity contribution is 5.77. The molecule has 3 rings (SSSR count). The highest BCUT2D eigenvalue weighted by atomic mass is 16.5. The SMILES string of the molecule is CC.CC(=O)COc1ccc2c(c1)CCc1ccccc1C2N. The molecule has 0 amide bonds. The first kappa shape index (κ1) is 17.2. The van der Waals surface area contributed by atoms with E-state index < -0.39 is 0 Å². The average Bonchev–Trinajstić information content (AvgIpc) is 2.72. The summed E-state index contributed by atoms with van der Waals surface area (Å²) >= 11 is 0. The monoisotopic (exact) mass is 311 g/mol. The Morgan fingerprint density at radius 2 is 1.74 bits per heavy atom. The smallest absolute Gasteiger partial charge is 0.167 e. The van der Waals surface area contributed by atoms with Crippen LogP contribution in [0.4, 0.5) is 0 Å². The number of nitrogens with two attached hydrogens (primary N) is 1. The molecule has 1 aliphatic carbocycles. The number of Topliss-reactive ketones (excluding diaryl/α,β-unsaturated/α-hetero) is 1. The molecule has 2 aromatic carbocycles. The van der Waals surface area contributed by atoms with Gasteiger partial charge in [-0.3, -0.25) is 4.79 Å². The van der Waals surface area contributed by atoms with Crippen LogP contribution in [0.2, 0.25) is 0 Å². The molecule has 3 nitrogen and oxygen atoms in total. The summed E-state index contributed by atoms with van der Waals surface area (Å²) in [5.41, 5.74) is 11.3. The number of benzene rings is 2. The van der Waals surface area contributed by atoms with Crippen LogP contribution >= 0.6 is 0 Å². The molecule has 0 saturated carbocycles. The van der Waals surface area contributed by atoms with Gasteiger partial charge in [0.1, 0.15) is 12.4 Å². The highest BCUT2D eigenvalue weighted by Crippen LogP contribution is 2.32. The van der Waals surface area contributed by atoms with Gasteiger partial charge in [-0.2, -0.15) is 0 Å². The summed E-state index contributed by atoms with van der Waals surface area (Å²) < 4.78 is 5.50. The predicted octanol–water partition coefficient (Wildman–Crippen LogP) is 3.83. The number of ether oxygens (including phenoxy) is 1. The zero-order valence-electron chi connectivity index (χ0n) is 14.1. The van der Waals surface area contributed by atoms with Crippen molar-refractivity contribution in [3.63, 3.8) is 0 Å². The minimum absolute atomic E-state index is 0.0223. The molecule has 23 heavy (non-hydrogen) atoms. The Bertz CT molecular complexity index is 679. The largest absolute Gasteiger partial charge is 0.486 e. The van der Waals surface area contributed by atoms with E-state index in [1.165, 1.54) is 23.6 Å². The van der Waals surface area contributed by atoms with Crippen molar-refractivity contribution >= 4 is 5.78 Å². The third-order valence-electron chi connectivity index (χ3n) is 3.95. The molecule has 0 aliphatic heterocycles. The van der Waals surface area contributed by atoms with Crippen molar-refractivity contribution in [2.24, 2.45) is 5.73 Å². The second-order valence-corrected chi connectivity index (χ2v) is 5.53. The van der Waals surface area contributed by atoms with Gasteiger partial charge in [-0.05, 0) is 54.2 Å². The van der Waals surface area contributed by atoms with Crippen molar-refractivity contribution in [3.05, 3.63) is 64.7 Å². The molecular weight excluding hydrogens is 286 g/mol. The number of ketones is 1. The molecule has 0 fully saturated rings. The number of fused-ring (bicyclic) bond motifs is 2. The molecule has 1 atom stereocenters. The fourth-order valence-corrected chi connectivity index (χ4v) is 2.88. The summed E-state index contributed by atoms with van der Waals surface area (Å²) in [5, 5.41) is 0. The van der Waals surface area contributed by atoms with E-state index in [2.05, 4.69) is 18.2 Å². The Morgan fingerprint density at radius 1 is 1.09 bits per heavy atom. The summed E-state index contributed by atoms with van der Waals surface area (Å²) in [6, 6.07) is 14.2. The molecule has 0 bridgehead atoms. The Kier molecular flexibility index (Phi) is 5.94. The molecule has 3 heteroatoms. The minimum atomic E-state index is -0.0967. The van der Waals surface area contributed by atoms with Gasteiger partial charge in [0, 0.05) is 0 Å². The lowest BCUT2D eigenvalue weighted by atomic mass is 9.95. The second kappa shape index (κ2) is 7.93. The van der Waals surface area contributed by atoms with Crippen molar-refractivity contribution < 1.29 is 9.53 Å². The van der Waals surface area contributed by atoms with Crippen LogP contribution in [0, 0.1) is 0 Å². The fourth-order valence-electron chi connectivity index (χ4n) is 2.88. The topological polar surface area (TPSA) is 52.3 Å². The molecule has 1 aliphatic rings. The molecule has 1 unspecified atom stereocenters. The number of rotatable bonds is 3. The van der Waals surface area contributed by atoms with Gasteiger partial charge in [-0.1, -0.05) is 44.2 Å². The van der Waals surface area contributed by atoms with Crippen LogP contribution in [0.5, 0.6) is 5.75 Å². The molecule has 2 N–H and O–H groups in total. The van der Waals surface area contributed by atoms with Crippen LogP contribution in [0.15, 0.2) is 42.5 Å².